The van der Waals surface area contributed by atoms with E-state index in [-0.39, 0.29) is 12.2 Å². The lowest BCUT2D eigenvalue weighted by molar-refractivity contribution is -0.133. The van der Waals surface area contributed by atoms with E-state index in [4.69, 9.17) is 4.74 Å². The molecule has 1 atom stereocenters. The Labute approximate surface area is 200 Å². The van der Waals surface area contributed by atoms with Crippen molar-refractivity contribution in [3.63, 3.8) is 0 Å². The number of hydrogen-bond donors (Lipinski definition) is 2. The van der Waals surface area contributed by atoms with E-state index in [2.05, 4.69) is 10.6 Å². The summed E-state index contributed by atoms with van der Waals surface area (Å²) in [6.45, 7) is 2.99. The van der Waals surface area contributed by atoms with Gasteiger partial charge in [0, 0.05) is 10.9 Å². The highest BCUT2D eigenvalue weighted by molar-refractivity contribution is 7.15. The number of rotatable bonds is 7. The van der Waals surface area contributed by atoms with Crippen LogP contribution in [0.2, 0.25) is 0 Å². The number of ether oxygens (including phenoxy) is 1. The number of carbonyl (C=O) groups is 4. The lowest BCUT2D eigenvalue weighted by Gasteiger charge is -2.22. The van der Waals surface area contributed by atoms with E-state index in [9.17, 15) is 19.2 Å². The molecule has 1 unspecified atom stereocenters. The minimum absolute atomic E-state index is 0.177. The molecule has 2 N–H and O–H groups in total. The summed E-state index contributed by atoms with van der Waals surface area (Å²) >= 11 is 1.17. The number of esters is 1. The van der Waals surface area contributed by atoms with Crippen LogP contribution in [0.5, 0.6) is 0 Å². The van der Waals surface area contributed by atoms with Crippen molar-refractivity contribution in [2.24, 2.45) is 0 Å². The lowest BCUT2D eigenvalue weighted by Crippen LogP contribution is -2.42. The van der Waals surface area contributed by atoms with Gasteiger partial charge in [-0.2, -0.15) is 0 Å². The molecule has 4 amide bonds. The van der Waals surface area contributed by atoms with E-state index in [0.717, 1.165) is 10.5 Å². The molecule has 1 aromatic heterocycles. The summed E-state index contributed by atoms with van der Waals surface area (Å²) in [6, 6.07) is 17.4. The Morgan fingerprint density at radius 2 is 1.71 bits per heavy atom. The number of thiophene rings is 1. The van der Waals surface area contributed by atoms with Crippen LogP contribution in [-0.2, 0) is 19.9 Å². The highest BCUT2D eigenvalue weighted by atomic mass is 32.1. The van der Waals surface area contributed by atoms with E-state index in [0.29, 0.717) is 16.1 Å². The van der Waals surface area contributed by atoms with Gasteiger partial charge >= 0.3 is 12.0 Å². The van der Waals surface area contributed by atoms with Gasteiger partial charge in [-0.05, 0) is 25.0 Å². The minimum atomic E-state index is -1.27. The quantitative estimate of drug-likeness (QED) is 0.395. The van der Waals surface area contributed by atoms with E-state index < -0.39 is 35.9 Å². The van der Waals surface area contributed by atoms with Gasteiger partial charge in [0.25, 0.3) is 5.91 Å². The zero-order chi connectivity index (χ0) is 24.3. The first-order valence-corrected chi connectivity index (χ1v) is 11.6. The number of amides is 4. The van der Waals surface area contributed by atoms with E-state index >= 15 is 0 Å². The molecular weight excluding hydrogens is 454 g/mol. The van der Waals surface area contributed by atoms with Gasteiger partial charge in [0.1, 0.15) is 22.6 Å². The molecule has 0 bridgehead atoms. The van der Waals surface area contributed by atoms with E-state index in [1.807, 2.05) is 36.4 Å². The Hall–Kier alpha value is -3.98. The van der Waals surface area contributed by atoms with Crippen molar-refractivity contribution in [3.05, 3.63) is 77.2 Å². The summed E-state index contributed by atoms with van der Waals surface area (Å²) in [6.07, 6.45) is 0. The van der Waals surface area contributed by atoms with Crippen molar-refractivity contribution in [1.82, 2.24) is 10.2 Å². The predicted octanol–water partition coefficient (Wildman–Crippen LogP) is 4.00. The number of carbonyl (C=O) groups excluding carboxylic acids is 4. The Balaban J connectivity index is 1.55. The molecule has 1 saturated heterocycles. The van der Waals surface area contributed by atoms with Crippen LogP contribution in [0.1, 0.15) is 29.8 Å². The first-order valence-electron chi connectivity index (χ1n) is 10.7. The third kappa shape index (κ3) is 4.29. The van der Waals surface area contributed by atoms with Gasteiger partial charge < -0.3 is 15.4 Å². The van der Waals surface area contributed by atoms with Crippen LogP contribution in [0.4, 0.5) is 9.80 Å². The van der Waals surface area contributed by atoms with Crippen molar-refractivity contribution in [3.8, 4) is 11.1 Å². The molecule has 0 spiro atoms. The Kier molecular flexibility index (Phi) is 6.47. The van der Waals surface area contributed by atoms with Gasteiger partial charge in [-0.1, -0.05) is 60.7 Å². The summed E-state index contributed by atoms with van der Waals surface area (Å²) < 4.78 is 5.20. The van der Waals surface area contributed by atoms with Crippen LogP contribution in [-0.4, -0.2) is 41.9 Å². The Bertz CT molecular complexity index is 1240. The maximum Gasteiger partial charge on any atom is 0.341 e. The second kappa shape index (κ2) is 9.48. The first kappa shape index (κ1) is 23.2. The molecule has 2 heterocycles. The number of nitrogens with one attached hydrogen (secondary N) is 2. The zero-order valence-corrected chi connectivity index (χ0v) is 19.5. The molecule has 9 heteroatoms. The SMILES string of the molecule is CCOC(=O)c1c(-c2ccccc2)csc1NC(=O)CN1C(=O)NC(C)(c2ccccc2)C1=O. The minimum Gasteiger partial charge on any atom is -0.462 e. The van der Waals surface area contributed by atoms with Crippen LogP contribution in [0.25, 0.3) is 11.1 Å². The van der Waals surface area contributed by atoms with Crippen LogP contribution in [0.3, 0.4) is 0 Å². The molecule has 34 heavy (non-hydrogen) atoms. The summed E-state index contributed by atoms with van der Waals surface area (Å²) in [5.41, 5.74) is 1.02. The summed E-state index contributed by atoms with van der Waals surface area (Å²) in [5, 5.41) is 7.41. The fraction of sp³-hybridized carbons (Fsp3) is 0.200. The first-order chi connectivity index (χ1) is 16.3. The summed E-state index contributed by atoms with van der Waals surface area (Å²) in [5.74, 6) is -1.70. The predicted molar refractivity (Wildman–Crippen MR) is 128 cm³/mol. The molecule has 4 rings (SSSR count). The highest BCUT2D eigenvalue weighted by Gasteiger charge is 2.49. The molecule has 2 aromatic carbocycles. The maximum atomic E-state index is 13.1. The van der Waals surface area contributed by atoms with Crippen molar-refractivity contribution in [2.75, 3.05) is 18.5 Å². The normalized spacial score (nSPS) is 17.4. The smallest absolute Gasteiger partial charge is 0.341 e. The number of benzene rings is 2. The monoisotopic (exact) mass is 477 g/mol. The third-order valence-electron chi connectivity index (χ3n) is 5.54. The van der Waals surface area contributed by atoms with Gasteiger partial charge in [-0.3, -0.25) is 14.5 Å². The summed E-state index contributed by atoms with van der Waals surface area (Å²) in [4.78, 5) is 52.0. The molecular formula is C25H23N3O5S. The Morgan fingerprint density at radius 1 is 1.06 bits per heavy atom. The molecule has 1 aliphatic rings. The number of hydrogen-bond acceptors (Lipinski definition) is 6. The fourth-order valence-electron chi connectivity index (χ4n) is 3.80. The molecule has 0 saturated carbocycles. The van der Waals surface area contributed by atoms with Crippen LogP contribution >= 0.6 is 11.3 Å². The number of imide groups is 1. The van der Waals surface area contributed by atoms with Gasteiger partial charge in [0.2, 0.25) is 5.91 Å². The van der Waals surface area contributed by atoms with Crippen LogP contribution in [0.15, 0.2) is 66.0 Å². The van der Waals surface area contributed by atoms with Gasteiger partial charge in [-0.25, -0.2) is 9.59 Å². The van der Waals surface area contributed by atoms with Crippen molar-refractivity contribution >= 4 is 40.2 Å². The van der Waals surface area contributed by atoms with Gasteiger partial charge in [0.15, 0.2) is 0 Å². The molecule has 8 nitrogen and oxygen atoms in total. The standard InChI is InChI=1S/C25H23N3O5S/c1-3-33-22(30)20-18(16-10-6-4-7-11-16)15-34-21(20)26-19(29)14-28-23(31)25(2,27-24(28)32)17-12-8-5-9-13-17/h4-13,15H,3,14H2,1-2H3,(H,26,29)(H,27,32). The molecule has 1 aliphatic heterocycles. The number of anilines is 1. The van der Waals surface area contributed by atoms with Crippen molar-refractivity contribution in [1.29, 1.82) is 0 Å². The molecule has 0 radical (unpaired) electrons. The molecule has 0 aliphatic carbocycles. The van der Waals surface area contributed by atoms with Crippen molar-refractivity contribution in [2.45, 2.75) is 19.4 Å². The Morgan fingerprint density at radius 3 is 2.35 bits per heavy atom. The largest absolute Gasteiger partial charge is 0.462 e. The fourth-order valence-corrected chi connectivity index (χ4v) is 4.78. The molecule has 3 aromatic rings. The van der Waals surface area contributed by atoms with Crippen LogP contribution in [0, 0.1) is 0 Å². The second-order valence-corrected chi connectivity index (χ2v) is 8.68. The summed E-state index contributed by atoms with van der Waals surface area (Å²) in [7, 11) is 0. The van der Waals surface area contributed by atoms with E-state index in [1.54, 1.807) is 43.5 Å². The third-order valence-corrected chi connectivity index (χ3v) is 6.43. The topological polar surface area (TPSA) is 105 Å². The molecule has 1 fully saturated rings. The number of nitrogens with zero attached hydrogens (tertiary/aromatic N) is 1. The van der Waals surface area contributed by atoms with Gasteiger partial charge in [0.05, 0.1) is 6.61 Å². The average molecular weight is 478 g/mol. The molecule has 174 valence electrons. The van der Waals surface area contributed by atoms with Gasteiger partial charge in [-0.15, -0.1) is 11.3 Å². The maximum absolute atomic E-state index is 13.1. The average Bonchev–Trinajstić information content (AvgIpc) is 3.35. The highest BCUT2D eigenvalue weighted by Crippen LogP contribution is 2.36. The zero-order valence-electron chi connectivity index (χ0n) is 18.7. The number of urea groups is 1. The van der Waals surface area contributed by atoms with Crippen LogP contribution < -0.4 is 10.6 Å². The van der Waals surface area contributed by atoms with E-state index in [1.165, 1.54) is 11.3 Å². The lowest BCUT2D eigenvalue weighted by atomic mass is 9.92. The van der Waals surface area contributed by atoms with Crippen molar-refractivity contribution < 1.29 is 23.9 Å². The second-order valence-electron chi connectivity index (χ2n) is 7.80.